The van der Waals surface area contributed by atoms with E-state index in [0.717, 1.165) is 19.0 Å². The number of piperidine rings is 1. The van der Waals surface area contributed by atoms with Crippen molar-refractivity contribution in [2.45, 2.75) is 51.9 Å². The molecule has 2 rings (SSSR count). The van der Waals surface area contributed by atoms with Crippen molar-refractivity contribution in [1.29, 1.82) is 0 Å². The van der Waals surface area contributed by atoms with Crippen LogP contribution in [0.4, 0.5) is 0 Å². The van der Waals surface area contributed by atoms with E-state index in [1.807, 2.05) is 7.05 Å². The molecule has 26 heavy (non-hydrogen) atoms. The van der Waals surface area contributed by atoms with Crippen molar-refractivity contribution < 1.29 is 0 Å². The number of hydrogen-bond acceptors (Lipinski definition) is 3. The van der Waals surface area contributed by atoms with Gasteiger partial charge in [-0.1, -0.05) is 24.3 Å². The van der Waals surface area contributed by atoms with Crippen LogP contribution < -0.4 is 10.6 Å². The number of guanidine groups is 1. The fourth-order valence-corrected chi connectivity index (χ4v) is 3.26. The molecular formula is C20H36IN5. The Hall–Kier alpha value is -0.860. The van der Waals surface area contributed by atoms with Crippen LogP contribution in [0.2, 0.25) is 0 Å². The largest absolute Gasteiger partial charge is 0.354 e. The summed E-state index contributed by atoms with van der Waals surface area (Å²) in [6.07, 6.45) is 2.36. The lowest BCUT2D eigenvalue weighted by atomic mass is 10.0. The molecule has 0 radical (unpaired) electrons. The number of nitrogens with zero attached hydrogens (tertiary/aromatic N) is 3. The van der Waals surface area contributed by atoms with E-state index in [9.17, 15) is 0 Å². The fourth-order valence-electron chi connectivity index (χ4n) is 3.26. The minimum absolute atomic E-state index is 0. The van der Waals surface area contributed by atoms with Crippen LogP contribution >= 0.6 is 24.0 Å². The van der Waals surface area contributed by atoms with Gasteiger partial charge in [-0.05, 0) is 51.9 Å². The molecule has 0 aromatic heterocycles. The summed E-state index contributed by atoms with van der Waals surface area (Å²) in [5.74, 6) is 0.903. The summed E-state index contributed by atoms with van der Waals surface area (Å²) < 4.78 is 0. The zero-order chi connectivity index (χ0) is 18.2. The van der Waals surface area contributed by atoms with Crippen molar-refractivity contribution >= 4 is 29.9 Å². The van der Waals surface area contributed by atoms with Gasteiger partial charge in [-0.15, -0.1) is 24.0 Å². The van der Waals surface area contributed by atoms with Crippen LogP contribution in [0.1, 0.15) is 37.8 Å². The van der Waals surface area contributed by atoms with Gasteiger partial charge in [0.1, 0.15) is 0 Å². The van der Waals surface area contributed by atoms with E-state index >= 15 is 0 Å². The smallest absolute Gasteiger partial charge is 0.191 e. The second-order valence-electron chi connectivity index (χ2n) is 7.53. The van der Waals surface area contributed by atoms with Crippen molar-refractivity contribution in [3.8, 4) is 0 Å². The van der Waals surface area contributed by atoms with Gasteiger partial charge in [-0.2, -0.15) is 0 Å². The summed E-state index contributed by atoms with van der Waals surface area (Å²) in [5, 5.41) is 7.02. The highest BCUT2D eigenvalue weighted by Crippen LogP contribution is 2.13. The number of hydrogen-bond donors (Lipinski definition) is 2. The molecule has 2 N–H and O–H groups in total. The first kappa shape index (κ1) is 23.2. The molecule has 1 aliphatic rings. The molecule has 0 bridgehead atoms. The maximum absolute atomic E-state index is 4.38. The molecule has 0 spiro atoms. The maximum Gasteiger partial charge on any atom is 0.191 e. The summed E-state index contributed by atoms with van der Waals surface area (Å²) in [5.41, 5.74) is 2.62. The Morgan fingerprint density at radius 2 is 1.73 bits per heavy atom. The number of likely N-dealkylation sites (tertiary alicyclic amines) is 1. The monoisotopic (exact) mass is 473 g/mol. The van der Waals surface area contributed by atoms with Crippen molar-refractivity contribution in [1.82, 2.24) is 20.4 Å². The Kier molecular flexibility index (Phi) is 10.5. The molecule has 0 saturated carbocycles. The molecule has 148 valence electrons. The molecule has 0 amide bonds. The van der Waals surface area contributed by atoms with Crippen LogP contribution in [0.15, 0.2) is 29.3 Å². The first-order chi connectivity index (χ1) is 12.0. The number of rotatable bonds is 6. The van der Waals surface area contributed by atoms with Crippen LogP contribution in [0, 0.1) is 0 Å². The average molecular weight is 473 g/mol. The van der Waals surface area contributed by atoms with E-state index in [1.165, 1.54) is 37.1 Å². The summed E-state index contributed by atoms with van der Waals surface area (Å²) in [6, 6.07) is 9.96. The molecule has 0 unspecified atom stereocenters. The highest BCUT2D eigenvalue weighted by atomic mass is 127. The molecular weight excluding hydrogens is 437 g/mol. The Labute approximate surface area is 176 Å². The maximum atomic E-state index is 4.38. The fraction of sp³-hybridized carbons (Fsp3) is 0.650. The van der Waals surface area contributed by atoms with Gasteiger partial charge in [0.2, 0.25) is 0 Å². The van der Waals surface area contributed by atoms with Gasteiger partial charge in [-0.3, -0.25) is 4.99 Å². The van der Waals surface area contributed by atoms with Crippen molar-refractivity contribution in [2.75, 3.05) is 34.2 Å². The van der Waals surface area contributed by atoms with Crippen LogP contribution in [-0.2, 0) is 13.1 Å². The Balaban J connectivity index is 0.00000338. The summed E-state index contributed by atoms with van der Waals surface area (Å²) in [6.45, 7) is 8.66. The van der Waals surface area contributed by atoms with Gasteiger partial charge in [0.25, 0.3) is 0 Å². The van der Waals surface area contributed by atoms with Gasteiger partial charge in [-0.25, -0.2) is 0 Å². The van der Waals surface area contributed by atoms with Gasteiger partial charge < -0.3 is 20.4 Å². The first-order valence-electron chi connectivity index (χ1n) is 9.41. The van der Waals surface area contributed by atoms with Crippen LogP contribution in [0.5, 0.6) is 0 Å². The third-order valence-corrected chi connectivity index (χ3v) is 4.81. The number of nitrogens with one attached hydrogen (secondary N) is 2. The lowest BCUT2D eigenvalue weighted by molar-refractivity contribution is 0.167. The molecule has 1 heterocycles. The molecule has 0 atom stereocenters. The minimum atomic E-state index is 0. The van der Waals surface area contributed by atoms with Crippen molar-refractivity contribution in [3.05, 3.63) is 35.4 Å². The highest BCUT2D eigenvalue weighted by molar-refractivity contribution is 14.0. The van der Waals surface area contributed by atoms with Crippen LogP contribution in [0.25, 0.3) is 0 Å². The van der Waals surface area contributed by atoms with Crippen molar-refractivity contribution in [3.63, 3.8) is 0 Å². The third-order valence-electron chi connectivity index (χ3n) is 4.81. The average Bonchev–Trinajstić information content (AvgIpc) is 2.59. The summed E-state index contributed by atoms with van der Waals surface area (Å²) >= 11 is 0. The van der Waals surface area contributed by atoms with E-state index in [4.69, 9.17) is 0 Å². The second kappa shape index (κ2) is 11.8. The Bertz CT molecular complexity index is 534. The summed E-state index contributed by atoms with van der Waals surface area (Å²) in [4.78, 5) is 9.11. The third kappa shape index (κ3) is 7.80. The zero-order valence-corrected chi connectivity index (χ0v) is 19.3. The predicted octanol–water partition coefficient (Wildman–Crippen LogP) is 2.90. The second-order valence-corrected chi connectivity index (χ2v) is 7.53. The minimum Gasteiger partial charge on any atom is -0.354 e. The normalized spacial score (nSPS) is 16.7. The molecule has 1 saturated heterocycles. The van der Waals surface area contributed by atoms with Crippen LogP contribution in [0.3, 0.4) is 0 Å². The SMILES string of the molecule is CN=C(NCc1ccc(CN(C)C)cc1)NC1CCN(C(C)C)CC1.I. The van der Waals surface area contributed by atoms with Gasteiger partial charge in [0.05, 0.1) is 0 Å². The molecule has 0 aliphatic carbocycles. The van der Waals surface area contributed by atoms with E-state index in [2.05, 4.69) is 77.6 Å². The summed E-state index contributed by atoms with van der Waals surface area (Å²) in [7, 11) is 6.03. The van der Waals surface area contributed by atoms with Crippen LogP contribution in [-0.4, -0.2) is 62.1 Å². The molecule has 6 heteroatoms. The molecule has 1 aromatic rings. The standard InChI is InChI=1S/C20H35N5.HI/c1-16(2)25-12-10-19(11-13-25)23-20(21-3)22-14-17-6-8-18(9-7-17)15-24(4)5;/h6-9,16,19H,10-15H2,1-5H3,(H2,21,22,23);1H. The molecule has 5 nitrogen and oxygen atoms in total. The number of aliphatic imine (C=N–C) groups is 1. The van der Waals surface area contributed by atoms with E-state index in [1.54, 1.807) is 0 Å². The Morgan fingerprint density at radius 3 is 2.23 bits per heavy atom. The lowest BCUT2D eigenvalue weighted by Crippen LogP contribution is -2.49. The van der Waals surface area contributed by atoms with Gasteiger partial charge in [0.15, 0.2) is 5.96 Å². The zero-order valence-electron chi connectivity index (χ0n) is 17.0. The highest BCUT2D eigenvalue weighted by Gasteiger charge is 2.21. The van der Waals surface area contributed by atoms with Gasteiger partial charge >= 0.3 is 0 Å². The lowest BCUT2D eigenvalue weighted by Gasteiger charge is -2.35. The number of benzene rings is 1. The van der Waals surface area contributed by atoms with Gasteiger partial charge in [0, 0.05) is 45.3 Å². The molecule has 1 fully saturated rings. The quantitative estimate of drug-likeness (QED) is 0.379. The number of halogens is 1. The van der Waals surface area contributed by atoms with E-state index in [0.29, 0.717) is 12.1 Å². The van der Waals surface area contributed by atoms with Crippen molar-refractivity contribution in [2.24, 2.45) is 4.99 Å². The topological polar surface area (TPSA) is 42.9 Å². The first-order valence-corrected chi connectivity index (χ1v) is 9.41. The molecule has 1 aromatic carbocycles. The Morgan fingerprint density at radius 1 is 1.15 bits per heavy atom. The molecule has 1 aliphatic heterocycles. The van der Waals surface area contributed by atoms with E-state index < -0.39 is 0 Å². The predicted molar refractivity (Wildman–Crippen MR) is 122 cm³/mol. The van der Waals surface area contributed by atoms with E-state index in [-0.39, 0.29) is 24.0 Å².